The second-order valence-electron chi connectivity index (χ2n) is 4.67. The number of benzene rings is 1. The highest BCUT2D eigenvalue weighted by Gasteiger charge is 2.10. The van der Waals surface area contributed by atoms with Gasteiger partial charge in [0.15, 0.2) is 0 Å². The largest absolute Gasteiger partial charge is 0.393 e. The molecule has 106 valence electrons. The monoisotopic (exact) mass is 301 g/mol. The van der Waals surface area contributed by atoms with E-state index in [4.69, 9.17) is 11.6 Å². The van der Waals surface area contributed by atoms with Crippen LogP contribution in [0.2, 0.25) is 5.02 Å². The molecule has 0 saturated carbocycles. The SMILES string of the molecule is CC(C)C(O)CCNC(=O)CSc1ccccc1Cl. The predicted molar refractivity (Wildman–Crippen MR) is 80.6 cm³/mol. The normalized spacial score (nSPS) is 12.5. The number of aliphatic hydroxyl groups excluding tert-OH is 1. The van der Waals surface area contributed by atoms with E-state index in [0.717, 1.165) is 4.90 Å². The van der Waals surface area contributed by atoms with Gasteiger partial charge in [0, 0.05) is 11.4 Å². The van der Waals surface area contributed by atoms with Crippen molar-refractivity contribution in [3.05, 3.63) is 29.3 Å². The number of thioether (sulfide) groups is 1. The lowest BCUT2D eigenvalue weighted by atomic mass is 10.0. The molecule has 0 spiro atoms. The van der Waals surface area contributed by atoms with Gasteiger partial charge in [-0.1, -0.05) is 37.6 Å². The molecule has 19 heavy (non-hydrogen) atoms. The maximum Gasteiger partial charge on any atom is 0.230 e. The zero-order valence-corrected chi connectivity index (χ0v) is 12.8. The number of carbonyl (C=O) groups is 1. The van der Waals surface area contributed by atoms with Gasteiger partial charge in [0.05, 0.1) is 16.9 Å². The maximum atomic E-state index is 11.6. The third-order valence-corrected chi connectivity index (χ3v) is 4.24. The molecular formula is C14H20ClNO2S. The fraction of sp³-hybridized carbons (Fsp3) is 0.500. The molecule has 0 radical (unpaired) electrons. The van der Waals surface area contributed by atoms with Gasteiger partial charge >= 0.3 is 0 Å². The smallest absolute Gasteiger partial charge is 0.230 e. The molecule has 0 aliphatic carbocycles. The van der Waals surface area contributed by atoms with E-state index in [0.29, 0.717) is 23.7 Å². The van der Waals surface area contributed by atoms with Crippen LogP contribution in [0.25, 0.3) is 0 Å². The van der Waals surface area contributed by atoms with Gasteiger partial charge in [-0.05, 0) is 24.5 Å². The summed E-state index contributed by atoms with van der Waals surface area (Å²) in [6, 6.07) is 7.45. The molecule has 0 bridgehead atoms. The van der Waals surface area contributed by atoms with Crippen LogP contribution >= 0.6 is 23.4 Å². The average Bonchev–Trinajstić information content (AvgIpc) is 2.37. The van der Waals surface area contributed by atoms with Crippen LogP contribution in [0.4, 0.5) is 0 Å². The first kappa shape index (κ1) is 16.3. The van der Waals surface area contributed by atoms with Crippen molar-refractivity contribution >= 4 is 29.3 Å². The second-order valence-corrected chi connectivity index (χ2v) is 6.09. The van der Waals surface area contributed by atoms with Crippen molar-refractivity contribution in [2.75, 3.05) is 12.3 Å². The van der Waals surface area contributed by atoms with E-state index in [1.54, 1.807) is 6.07 Å². The average molecular weight is 302 g/mol. The predicted octanol–water partition coefficient (Wildman–Crippen LogP) is 2.96. The van der Waals surface area contributed by atoms with Crippen molar-refractivity contribution in [2.24, 2.45) is 5.92 Å². The van der Waals surface area contributed by atoms with Gasteiger partial charge < -0.3 is 10.4 Å². The molecule has 0 saturated heterocycles. The molecule has 1 rings (SSSR count). The van der Waals surface area contributed by atoms with Crippen LogP contribution in [0, 0.1) is 5.92 Å². The minimum Gasteiger partial charge on any atom is -0.393 e. The Balaban J connectivity index is 2.24. The van der Waals surface area contributed by atoms with Crippen molar-refractivity contribution in [3.63, 3.8) is 0 Å². The molecule has 5 heteroatoms. The molecule has 2 N–H and O–H groups in total. The summed E-state index contributed by atoms with van der Waals surface area (Å²) in [6.45, 7) is 4.42. The molecule has 1 aromatic rings. The first-order valence-corrected chi connectivity index (χ1v) is 7.69. The zero-order chi connectivity index (χ0) is 14.3. The van der Waals surface area contributed by atoms with Crippen molar-refractivity contribution in [3.8, 4) is 0 Å². The summed E-state index contributed by atoms with van der Waals surface area (Å²) in [4.78, 5) is 12.5. The van der Waals surface area contributed by atoms with E-state index >= 15 is 0 Å². The highest BCUT2D eigenvalue weighted by atomic mass is 35.5. The Morgan fingerprint density at radius 1 is 1.42 bits per heavy atom. The van der Waals surface area contributed by atoms with Gasteiger partial charge in [-0.15, -0.1) is 11.8 Å². The fourth-order valence-corrected chi connectivity index (χ4v) is 2.52. The molecule has 0 aliphatic rings. The Morgan fingerprint density at radius 3 is 2.74 bits per heavy atom. The van der Waals surface area contributed by atoms with E-state index in [2.05, 4.69) is 5.32 Å². The van der Waals surface area contributed by atoms with E-state index in [-0.39, 0.29) is 17.9 Å². The third kappa shape index (κ3) is 6.32. The van der Waals surface area contributed by atoms with Gasteiger partial charge in [0.25, 0.3) is 0 Å². The minimum atomic E-state index is -0.364. The maximum absolute atomic E-state index is 11.6. The summed E-state index contributed by atoms with van der Waals surface area (Å²) in [6.07, 6.45) is 0.219. The van der Waals surface area contributed by atoms with Crippen molar-refractivity contribution in [1.82, 2.24) is 5.32 Å². The molecule has 1 unspecified atom stereocenters. The highest BCUT2D eigenvalue weighted by Crippen LogP contribution is 2.26. The number of amides is 1. The van der Waals surface area contributed by atoms with Crippen LogP contribution in [0.1, 0.15) is 20.3 Å². The Kier molecular flexibility index (Phi) is 7.28. The first-order valence-electron chi connectivity index (χ1n) is 6.32. The Labute approximate surface area is 123 Å². The van der Waals surface area contributed by atoms with Crippen LogP contribution in [-0.4, -0.2) is 29.4 Å². The first-order chi connectivity index (χ1) is 9.00. The van der Waals surface area contributed by atoms with Gasteiger partial charge in [0.1, 0.15) is 0 Å². The summed E-state index contributed by atoms with van der Waals surface area (Å²) < 4.78 is 0. The van der Waals surface area contributed by atoms with E-state index in [9.17, 15) is 9.90 Å². The Morgan fingerprint density at radius 2 is 2.11 bits per heavy atom. The number of carbonyl (C=O) groups excluding carboxylic acids is 1. The zero-order valence-electron chi connectivity index (χ0n) is 11.2. The number of halogens is 1. The molecule has 0 heterocycles. The van der Waals surface area contributed by atoms with Crippen LogP contribution in [0.15, 0.2) is 29.2 Å². The van der Waals surface area contributed by atoms with Crippen LogP contribution in [0.5, 0.6) is 0 Å². The number of aliphatic hydroxyl groups is 1. The van der Waals surface area contributed by atoms with Crippen molar-refractivity contribution < 1.29 is 9.90 Å². The molecular weight excluding hydrogens is 282 g/mol. The topological polar surface area (TPSA) is 49.3 Å². The Hall–Kier alpha value is -0.710. The number of nitrogens with one attached hydrogen (secondary N) is 1. The minimum absolute atomic E-state index is 0.0409. The van der Waals surface area contributed by atoms with Crippen LogP contribution < -0.4 is 5.32 Å². The lowest BCUT2D eigenvalue weighted by molar-refractivity contribution is -0.118. The highest BCUT2D eigenvalue weighted by molar-refractivity contribution is 8.00. The summed E-state index contributed by atoms with van der Waals surface area (Å²) in [7, 11) is 0. The van der Waals surface area contributed by atoms with Crippen molar-refractivity contribution in [1.29, 1.82) is 0 Å². The van der Waals surface area contributed by atoms with E-state index in [1.807, 2.05) is 32.0 Å². The van der Waals surface area contributed by atoms with Gasteiger partial charge in [-0.25, -0.2) is 0 Å². The molecule has 0 fully saturated rings. The lowest BCUT2D eigenvalue weighted by Crippen LogP contribution is -2.29. The summed E-state index contributed by atoms with van der Waals surface area (Å²) in [5, 5.41) is 13.1. The number of rotatable bonds is 7. The van der Waals surface area contributed by atoms with E-state index < -0.39 is 0 Å². The fourth-order valence-electron chi connectivity index (χ4n) is 1.45. The Bertz CT molecular complexity index is 412. The second kappa shape index (κ2) is 8.46. The summed E-state index contributed by atoms with van der Waals surface area (Å²) in [5.74, 6) is 0.511. The molecule has 3 nitrogen and oxygen atoms in total. The molecule has 1 atom stereocenters. The molecule has 1 aromatic carbocycles. The number of hydrogen-bond donors (Lipinski definition) is 2. The van der Waals surface area contributed by atoms with Crippen LogP contribution in [-0.2, 0) is 4.79 Å². The summed E-state index contributed by atoms with van der Waals surface area (Å²) in [5.41, 5.74) is 0. The van der Waals surface area contributed by atoms with E-state index in [1.165, 1.54) is 11.8 Å². The van der Waals surface area contributed by atoms with Crippen molar-refractivity contribution in [2.45, 2.75) is 31.3 Å². The van der Waals surface area contributed by atoms with Gasteiger partial charge in [0.2, 0.25) is 5.91 Å². The van der Waals surface area contributed by atoms with Gasteiger partial charge in [-0.3, -0.25) is 4.79 Å². The lowest BCUT2D eigenvalue weighted by Gasteiger charge is -2.14. The molecule has 1 amide bonds. The standard InChI is InChI=1S/C14H20ClNO2S/c1-10(2)12(17)7-8-16-14(18)9-19-13-6-4-3-5-11(13)15/h3-6,10,12,17H,7-9H2,1-2H3,(H,16,18). The number of hydrogen-bond acceptors (Lipinski definition) is 3. The quantitative estimate of drug-likeness (QED) is 0.761. The van der Waals surface area contributed by atoms with Crippen LogP contribution in [0.3, 0.4) is 0 Å². The summed E-state index contributed by atoms with van der Waals surface area (Å²) >= 11 is 7.42. The molecule has 0 aromatic heterocycles. The molecule has 0 aliphatic heterocycles. The van der Waals surface area contributed by atoms with Gasteiger partial charge in [-0.2, -0.15) is 0 Å². The third-order valence-electron chi connectivity index (χ3n) is 2.73.